The SMILES string of the molecule is Cc1ccc(CCc2ccc(-c3cc(F)c(Cl)c(F)c3)cc2)cc1. The fourth-order valence-electron chi connectivity index (χ4n) is 2.63. The average molecular weight is 343 g/mol. The molecule has 0 amide bonds. The minimum Gasteiger partial charge on any atom is -0.205 e. The van der Waals surface area contributed by atoms with Crippen LogP contribution in [-0.4, -0.2) is 0 Å². The average Bonchev–Trinajstić information content (AvgIpc) is 2.59. The second kappa shape index (κ2) is 7.14. The maximum absolute atomic E-state index is 13.6. The van der Waals surface area contributed by atoms with Gasteiger partial charge in [-0.3, -0.25) is 0 Å². The number of hydrogen-bond acceptors (Lipinski definition) is 0. The Hall–Kier alpha value is -2.19. The van der Waals surface area contributed by atoms with Crippen LogP contribution in [0, 0.1) is 18.6 Å². The van der Waals surface area contributed by atoms with Crippen LogP contribution in [0.2, 0.25) is 5.02 Å². The lowest BCUT2D eigenvalue weighted by Gasteiger charge is -2.07. The summed E-state index contributed by atoms with van der Waals surface area (Å²) in [5, 5.41) is -0.464. The van der Waals surface area contributed by atoms with Crippen LogP contribution in [0.25, 0.3) is 11.1 Å². The molecule has 0 heterocycles. The predicted octanol–water partition coefficient (Wildman–Crippen LogP) is 6.38. The van der Waals surface area contributed by atoms with Crippen molar-refractivity contribution in [3.05, 3.63) is 94.0 Å². The molecule has 0 nitrogen and oxygen atoms in total. The summed E-state index contributed by atoms with van der Waals surface area (Å²) in [4.78, 5) is 0. The Morgan fingerprint density at radius 1 is 0.708 bits per heavy atom. The van der Waals surface area contributed by atoms with Crippen molar-refractivity contribution in [2.75, 3.05) is 0 Å². The highest BCUT2D eigenvalue weighted by Gasteiger charge is 2.10. The molecule has 3 heteroatoms. The lowest BCUT2D eigenvalue weighted by molar-refractivity contribution is 0.585. The van der Waals surface area contributed by atoms with Gasteiger partial charge in [-0.15, -0.1) is 0 Å². The highest BCUT2D eigenvalue weighted by Crippen LogP contribution is 2.27. The van der Waals surface area contributed by atoms with E-state index in [0.717, 1.165) is 18.4 Å². The normalized spacial score (nSPS) is 10.8. The van der Waals surface area contributed by atoms with Crippen LogP contribution in [-0.2, 0) is 12.8 Å². The van der Waals surface area contributed by atoms with Crippen LogP contribution in [0.15, 0.2) is 60.7 Å². The Labute approximate surface area is 145 Å². The van der Waals surface area contributed by atoms with Gasteiger partial charge in [0.05, 0.1) is 0 Å². The number of hydrogen-bond donors (Lipinski definition) is 0. The number of aryl methyl sites for hydroxylation is 3. The van der Waals surface area contributed by atoms with Crippen molar-refractivity contribution in [1.29, 1.82) is 0 Å². The van der Waals surface area contributed by atoms with Crippen LogP contribution in [0.5, 0.6) is 0 Å². The Morgan fingerprint density at radius 3 is 1.67 bits per heavy atom. The van der Waals surface area contributed by atoms with E-state index in [-0.39, 0.29) is 0 Å². The Morgan fingerprint density at radius 2 is 1.17 bits per heavy atom. The molecule has 0 aliphatic heterocycles. The second-order valence-corrected chi connectivity index (χ2v) is 6.31. The van der Waals surface area contributed by atoms with Gasteiger partial charge in [0.15, 0.2) is 0 Å². The van der Waals surface area contributed by atoms with Gasteiger partial charge >= 0.3 is 0 Å². The van der Waals surface area contributed by atoms with Gasteiger partial charge in [-0.05, 0) is 54.2 Å². The van der Waals surface area contributed by atoms with Crippen molar-refractivity contribution in [1.82, 2.24) is 0 Å². The molecule has 0 aliphatic carbocycles. The number of benzene rings is 3. The first-order valence-electron chi connectivity index (χ1n) is 7.82. The molecule has 0 unspecified atom stereocenters. The summed E-state index contributed by atoms with van der Waals surface area (Å²) in [6.45, 7) is 2.07. The Balaban J connectivity index is 1.72. The molecular weight excluding hydrogens is 326 g/mol. The minimum absolute atomic E-state index is 0.464. The van der Waals surface area contributed by atoms with E-state index in [0.29, 0.717) is 5.56 Å². The molecule has 0 N–H and O–H groups in total. The van der Waals surface area contributed by atoms with Gasteiger partial charge in [-0.1, -0.05) is 65.7 Å². The van der Waals surface area contributed by atoms with Crippen molar-refractivity contribution in [3.63, 3.8) is 0 Å². The molecule has 3 aromatic rings. The summed E-state index contributed by atoms with van der Waals surface area (Å²) < 4.78 is 27.1. The molecule has 3 aromatic carbocycles. The smallest absolute Gasteiger partial charge is 0.145 e. The summed E-state index contributed by atoms with van der Waals surface area (Å²) in [6, 6.07) is 18.8. The van der Waals surface area contributed by atoms with Gasteiger partial charge in [-0.2, -0.15) is 0 Å². The maximum atomic E-state index is 13.6. The van der Waals surface area contributed by atoms with Crippen LogP contribution >= 0.6 is 11.6 Å². The van der Waals surface area contributed by atoms with Gasteiger partial charge in [0.1, 0.15) is 16.7 Å². The zero-order valence-electron chi connectivity index (χ0n) is 13.3. The predicted molar refractivity (Wildman–Crippen MR) is 95.4 cm³/mol. The molecule has 122 valence electrons. The summed E-state index contributed by atoms with van der Waals surface area (Å²) in [7, 11) is 0. The van der Waals surface area contributed by atoms with Crippen LogP contribution in [0.1, 0.15) is 16.7 Å². The Bertz CT molecular complexity index is 814. The first-order valence-corrected chi connectivity index (χ1v) is 8.20. The topological polar surface area (TPSA) is 0 Å². The van der Waals surface area contributed by atoms with Crippen LogP contribution in [0.4, 0.5) is 8.78 Å². The third-order valence-electron chi connectivity index (χ3n) is 4.09. The quantitative estimate of drug-likeness (QED) is 0.483. The highest BCUT2D eigenvalue weighted by molar-refractivity contribution is 6.31. The van der Waals surface area contributed by atoms with Gasteiger partial charge in [-0.25, -0.2) is 8.78 Å². The van der Waals surface area contributed by atoms with Crippen molar-refractivity contribution >= 4 is 11.6 Å². The van der Waals surface area contributed by atoms with E-state index in [1.165, 1.54) is 28.8 Å². The van der Waals surface area contributed by atoms with Crippen molar-refractivity contribution in [2.45, 2.75) is 19.8 Å². The molecule has 0 spiro atoms. The zero-order valence-corrected chi connectivity index (χ0v) is 14.1. The third-order valence-corrected chi connectivity index (χ3v) is 4.46. The lowest BCUT2D eigenvalue weighted by atomic mass is 10.00. The molecule has 24 heavy (non-hydrogen) atoms. The summed E-state index contributed by atoms with van der Waals surface area (Å²) in [6.07, 6.45) is 1.89. The van der Waals surface area contributed by atoms with E-state index in [1.54, 1.807) is 0 Å². The Kier molecular flexibility index (Phi) is 4.96. The number of rotatable bonds is 4. The standard InChI is InChI=1S/C21H17ClF2/c1-14-2-4-15(5-3-14)6-7-16-8-10-17(11-9-16)18-12-19(23)21(22)20(24)13-18/h2-5,8-13H,6-7H2,1H3. The molecular formula is C21H17ClF2. The fourth-order valence-corrected chi connectivity index (χ4v) is 2.74. The minimum atomic E-state index is -0.741. The van der Waals surface area contributed by atoms with E-state index in [2.05, 4.69) is 31.2 Å². The van der Waals surface area contributed by atoms with E-state index in [9.17, 15) is 8.78 Å². The number of halogens is 3. The first-order chi connectivity index (χ1) is 11.5. The first kappa shape index (κ1) is 16.7. The van der Waals surface area contributed by atoms with Crippen molar-refractivity contribution in [2.24, 2.45) is 0 Å². The molecule has 0 bridgehead atoms. The molecule has 0 aromatic heterocycles. The van der Waals surface area contributed by atoms with Gasteiger partial charge in [0.25, 0.3) is 0 Å². The maximum Gasteiger partial charge on any atom is 0.145 e. The second-order valence-electron chi connectivity index (χ2n) is 5.94. The summed E-state index contributed by atoms with van der Waals surface area (Å²) in [5.41, 5.74) is 4.99. The molecule has 0 atom stereocenters. The van der Waals surface area contributed by atoms with Gasteiger partial charge < -0.3 is 0 Å². The monoisotopic (exact) mass is 342 g/mol. The largest absolute Gasteiger partial charge is 0.205 e. The molecule has 0 aliphatic rings. The molecule has 0 radical (unpaired) electrons. The van der Waals surface area contributed by atoms with Gasteiger partial charge in [0.2, 0.25) is 0 Å². The summed E-state index contributed by atoms with van der Waals surface area (Å²) >= 11 is 5.52. The van der Waals surface area contributed by atoms with E-state index >= 15 is 0 Å². The van der Waals surface area contributed by atoms with Crippen molar-refractivity contribution in [3.8, 4) is 11.1 Å². The fraction of sp³-hybridized carbons (Fsp3) is 0.143. The zero-order chi connectivity index (χ0) is 17.1. The summed E-state index contributed by atoms with van der Waals surface area (Å²) in [5.74, 6) is -1.48. The van der Waals surface area contributed by atoms with E-state index in [1.807, 2.05) is 24.3 Å². The molecule has 0 saturated heterocycles. The van der Waals surface area contributed by atoms with Crippen molar-refractivity contribution < 1.29 is 8.78 Å². The van der Waals surface area contributed by atoms with Crippen LogP contribution in [0.3, 0.4) is 0 Å². The lowest BCUT2D eigenvalue weighted by Crippen LogP contribution is -1.92. The molecule has 3 rings (SSSR count). The highest BCUT2D eigenvalue weighted by atomic mass is 35.5. The molecule has 0 saturated carbocycles. The van der Waals surface area contributed by atoms with Gasteiger partial charge in [0, 0.05) is 0 Å². The third kappa shape index (κ3) is 3.82. The van der Waals surface area contributed by atoms with E-state index in [4.69, 9.17) is 11.6 Å². The molecule has 0 fully saturated rings. The van der Waals surface area contributed by atoms with Crippen LogP contribution < -0.4 is 0 Å². The van der Waals surface area contributed by atoms with E-state index < -0.39 is 16.7 Å².